The molecule has 216 valence electrons. The summed E-state index contributed by atoms with van der Waals surface area (Å²) < 4.78 is 31.8. The summed E-state index contributed by atoms with van der Waals surface area (Å²) in [6, 6.07) is 7.35. The zero-order valence-corrected chi connectivity index (χ0v) is 24.6. The maximum absolute atomic E-state index is 15.3. The molecule has 1 aromatic carbocycles. The monoisotopic (exact) mass is 588 g/mol. The van der Waals surface area contributed by atoms with E-state index in [-0.39, 0.29) is 47.0 Å². The molecule has 1 aliphatic heterocycles. The van der Waals surface area contributed by atoms with E-state index in [9.17, 15) is 9.59 Å². The number of rotatable bonds is 6. The molecular weight excluding hydrogens is 555 g/mol. The number of carbonyl (C=O) groups excluding carboxylic acids is 1. The van der Waals surface area contributed by atoms with Crippen molar-refractivity contribution in [3.05, 3.63) is 93.9 Å². The molecule has 1 fully saturated rings. The molecule has 1 amide bonds. The average molecular weight is 589 g/mol. The highest BCUT2D eigenvalue weighted by Gasteiger charge is 2.30. The van der Waals surface area contributed by atoms with Gasteiger partial charge in [0, 0.05) is 37.4 Å². The first-order valence-corrected chi connectivity index (χ1v) is 14.0. The van der Waals surface area contributed by atoms with Gasteiger partial charge in [0.15, 0.2) is 5.65 Å². The minimum atomic E-state index is -0.597. The number of carbonyl (C=O) groups is 1. The normalized spacial score (nSPS) is 16.5. The lowest BCUT2D eigenvalue weighted by Crippen LogP contribution is -2.54. The largest absolute Gasteiger partial charge is 0.355 e. The van der Waals surface area contributed by atoms with Crippen LogP contribution in [0.4, 0.5) is 10.2 Å². The predicted molar refractivity (Wildman–Crippen MR) is 166 cm³/mol. The third-order valence-electron chi connectivity index (χ3n) is 7.54. The Morgan fingerprint density at radius 2 is 2.07 bits per heavy atom. The van der Waals surface area contributed by atoms with Gasteiger partial charge in [-0.25, -0.2) is 18.7 Å². The predicted octanol–water partition coefficient (Wildman–Crippen LogP) is 5.93. The van der Waals surface area contributed by atoms with Gasteiger partial charge in [0.05, 0.1) is 30.2 Å². The molecule has 3 aromatic heterocycles. The molecule has 0 saturated carbocycles. The van der Waals surface area contributed by atoms with E-state index < -0.39 is 23.5 Å². The van der Waals surface area contributed by atoms with Crippen molar-refractivity contribution in [1.29, 1.82) is 0 Å². The molecule has 1 saturated heterocycles. The third kappa shape index (κ3) is 4.98. The molecule has 0 spiro atoms. The first kappa shape index (κ1) is 26.5. The molecule has 1 atom stereocenters. The molecule has 10 heteroatoms. The smallest absolute Gasteiger partial charge is 0.350 e. The molecule has 0 unspecified atom stereocenters. The van der Waals surface area contributed by atoms with E-state index in [0.717, 1.165) is 12.1 Å². The minimum absolute atomic E-state index is 0.0393. The molecule has 1 aliphatic rings. The summed E-state index contributed by atoms with van der Waals surface area (Å²) >= 11 is 6.85. The number of nitrogens with zero attached hydrogens (tertiary/aromatic N) is 6. The van der Waals surface area contributed by atoms with Crippen LogP contribution in [0.15, 0.2) is 60.5 Å². The van der Waals surface area contributed by atoms with Gasteiger partial charge < -0.3 is 9.80 Å². The molecule has 4 heterocycles. The minimum Gasteiger partial charge on any atom is -0.350 e. The Hall–Kier alpha value is -4.37. The lowest BCUT2D eigenvalue weighted by atomic mass is 10.0. The lowest BCUT2D eigenvalue weighted by molar-refractivity contribution is -0.126. The fraction of sp³-hybridized carbons (Fsp3) is 0.281. The van der Waals surface area contributed by atoms with Crippen LogP contribution in [-0.2, 0) is 4.79 Å². The van der Waals surface area contributed by atoms with Crippen LogP contribution in [0.25, 0.3) is 34.1 Å². The standard InChI is InChI=1S/C32H32ClFN6O2/c1-7-21-10-9-11-24(34)26(21)28-23(33)16-22-30(39-15-14-38(17-20(39)6)25(41)8-2)37-32(42)40(31(22)36-28)29-19(5)12-13-35-27(29)18(3)4/h7-13,16,18,20H,1-2,14-15,17H2,3-6H3/t20-/m0/s1/i2D,8D. The summed E-state index contributed by atoms with van der Waals surface area (Å²) in [6.07, 6.45) is 3.21. The average Bonchev–Trinajstić information content (AvgIpc) is 3.00. The zero-order chi connectivity index (χ0) is 31.9. The van der Waals surface area contributed by atoms with Gasteiger partial charge >= 0.3 is 5.69 Å². The Morgan fingerprint density at radius 1 is 1.29 bits per heavy atom. The van der Waals surface area contributed by atoms with E-state index >= 15 is 4.39 Å². The van der Waals surface area contributed by atoms with Crippen molar-refractivity contribution in [3.8, 4) is 16.9 Å². The van der Waals surface area contributed by atoms with Crippen LogP contribution in [0.2, 0.25) is 5.02 Å². The molecule has 0 radical (unpaired) electrons. The Morgan fingerprint density at radius 3 is 2.76 bits per heavy atom. The number of pyridine rings is 2. The van der Waals surface area contributed by atoms with Crippen LogP contribution in [0.3, 0.4) is 0 Å². The highest BCUT2D eigenvalue weighted by Crippen LogP contribution is 2.37. The van der Waals surface area contributed by atoms with E-state index in [1.54, 1.807) is 30.5 Å². The molecule has 4 aromatic rings. The molecular formula is C32H32ClFN6O2. The summed E-state index contributed by atoms with van der Waals surface area (Å²) in [7, 11) is 0. The summed E-state index contributed by atoms with van der Waals surface area (Å²) in [5.41, 5.74) is 2.44. The lowest BCUT2D eigenvalue weighted by Gasteiger charge is -2.40. The Bertz CT molecular complexity index is 1890. The van der Waals surface area contributed by atoms with Crippen LogP contribution in [0.5, 0.6) is 0 Å². The van der Waals surface area contributed by atoms with Gasteiger partial charge in [-0.15, -0.1) is 0 Å². The number of benzene rings is 1. The second-order valence-electron chi connectivity index (χ2n) is 10.6. The molecule has 0 N–H and O–H groups in total. The first-order valence-electron chi connectivity index (χ1n) is 14.7. The topological polar surface area (TPSA) is 84.2 Å². The zero-order valence-electron chi connectivity index (χ0n) is 25.9. The van der Waals surface area contributed by atoms with Gasteiger partial charge in [-0.1, -0.05) is 56.8 Å². The van der Waals surface area contributed by atoms with Gasteiger partial charge in [-0.05, 0) is 55.1 Å². The number of piperazine rings is 1. The van der Waals surface area contributed by atoms with Crippen LogP contribution in [0.1, 0.15) is 46.3 Å². The molecule has 0 bridgehead atoms. The van der Waals surface area contributed by atoms with Gasteiger partial charge in [-0.3, -0.25) is 9.78 Å². The van der Waals surface area contributed by atoms with Crippen molar-refractivity contribution in [1.82, 2.24) is 24.4 Å². The maximum atomic E-state index is 15.3. The van der Waals surface area contributed by atoms with Crippen LogP contribution in [0, 0.1) is 12.7 Å². The van der Waals surface area contributed by atoms with Gasteiger partial charge in [0.25, 0.3) is 0 Å². The van der Waals surface area contributed by atoms with Crippen molar-refractivity contribution < 1.29 is 11.9 Å². The fourth-order valence-electron chi connectivity index (χ4n) is 5.50. The molecule has 5 rings (SSSR count). The first-order chi connectivity index (χ1) is 21.0. The summed E-state index contributed by atoms with van der Waals surface area (Å²) in [4.78, 5) is 44.1. The van der Waals surface area contributed by atoms with Gasteiger partial charge in [0.2, 0.25) is 5.91 Å². The maximum Gasteiger partial charge on any atom is 0.355 e. The second kappa shape index (κ2) is 11.5. The Labute approximate surface area is 251 Å². The van der Waals surface area contributed by atoms with Crippen molar-refractivity contribution in [2.45, 2.75) is 39.7 Å². The quantitative estimate of drug-likeness (QED) is 0.260. The van der Waals surface area contributed by atoms with Crippen LogP contribution in [-0.4, -0.2) is 56.0 Å². The molecule has 42 heavy (non-hydrogen) atoms. The summed E-state index contributed by atoms with van der Waals surface area (Å²) in [5.74, 6) is -0.786. The SMILES string of the molecule is [2H]C=C([2H])C(=O)N1CCN(c2nc(=O)n(-c3c(C)ccnc3C(C)C)c3nc(-c4c(F)cccc4C=C)c(Cl)cc23)[C@@H](C)C1. The van der Waals surface area contributed by atoms with E-state index in [0.29, 0.717) is 34.7 Å². The van der Waals surface area contributed by atoms with E-state index in [2.05, 4.69) is 16.5 Å². The number of aryl methyl sites for hydroxylation is 1. The number of anilines is 1. The van der Waals surface area contributed by atoms with Crippen molar-refractivity contribution in [3.63, 3.8) is 0 Å². The Kier molecular flexibility index (Phi) is 7.25. The fourth-order valence-corrected chi connectivity index (χ4v) is 5.74. The van der Waals surface area contributed by atoms with E-state index in [4.69, 9.17) is 19.3 Å². The second-order valence-corrected chi connectivity index (χ2v) is 11.0. The van der Waals surface area contributed by atoms with Crippen molar-refractivity contribution in [2.24, 2.45) is 0 Å². The van der Waals surface area contributed by atoms with Crippen molar-refractivity contribution >= 4 is 40.4 Å². The number of amides is 1. The molecule has 0 aliphatic carbocycles. The summed E-state index contributed by atoms with van der Waals surface area (Å²) in [5, 5.41) is 0.624. The number of fused-ring (bicyclic) bond motifs is 1. The number of halogens is 2. The number of hydrogen-bond acceptors (Lipinski definition) is 6. The van der Waals surface area contributed by atoms with E-state index in [1.807, 2.05) is 32.6 Å². The van der Waals surface area contributed by atoms with Crippen molar-refractivity contribution in [2.75, 3.05) is 24.5 Å². The van der Waals surface area contributed by atoms with Gasteiger partial charge in [0.1, 0.15) is 11.6 Å². The highest BCUT2D eigenvalue weighted by atomic mass is 35.5. The third-order valence-corrected chi connectivity index (χ3v) is 7.83. The summed E-state index contributed by atoms with van der Waals surface area (Å²) in [6.45, 7) is 13.1. The van der Waals surface area contributed by atoms with Crippen LogP contribution >= 0.6 is 11.6 Å². The molecule has 8 nitrogen and oxygen atoms in total. The van der Waals surface area contributed by atoms with Crippen LogP contribution < -0.4 is 10.6 Å². The van der Waals surface area contributed by atoms with E-state index in [1.165, 1.54) is 21.6 Å². The number of hydrogen-bond donors (Lipinski definition) is 0. The van der Waals surface area contributed by atoms with Gasteiger partial charge in [-0.2, -0.15) is 4.98 Å². The highest BCUT2D eigenvalue weighted by molar-refractivity contribution is 6.34. The Balaban J connectivity index is 1.80. The number of aromatic nitrogens is 4.